The third-order valence-corrected chi connectivity index (χ3v) is 10.7. The van der Waals surface area contributed by atoms with Crippen LogP contribution >= 0.6 is 23.1 Å². The Bertz CT molecular complexity index is 1910. The molecule has 1 unspecified atom stereocenters. The second kappa shape index (κ2) is 16.4. The van der Waals surface area contributed by atoms with Crippen LogP contribution in [0.25, 0.3) is 6.08 Å². The predicted molar refractivity (Wildman–Crippen MR) is 203 cm³/mol. The van der Waals surface area contributed by atoms with Crippen LogP contribution in [-0.2, 0) is 27.2 Å². The number of fused-ring (bicyclic) bond motifs is 1. The Hall–Kier alpha value is -4.67. The molecule has 4 aromatic rings. The number of nitrogens with one attached hydrogen (secondary N) is 3. The van der Waals surface area contributed by atoms with Crippen LogP contribution in [0.1, 0.15) is 76.4 Å². The molecule has 0 fully saturated rings. The van der Waals surface area contributed by atoms with E-state index in [0.717, 1.165) is 45.7 Å². The number of anilines is 2. The molecule has 1 heterocycles. The number of esters is 1. The number of hydrogen-bond donors (Lipinski definition) is 3. The van der Waals surface area contributed by atoms with Crippen LogP contribution in [0.3, 0.4) is 0 Å². The van der Waals surface area contributed by atoms with Crippen molar-refractivity contribution in [2.75, 3.05) is 23.0 Å². The molecule has 0 saturated carbocycles. The normalized spacial score (nSPS) is 14.3. The first-order valence-electron chi connectivity index (χ1n) is 16.7. The smallest absolute Gasteiger partial charge is 0.341 e. The highest BCUT2D eigenvalue weighted by atomic mass is 32.2. The highest BCUT2D eigenvalue weighted by molar-refractivity contribution is 8.00. The first-order valence-corrected chi connectivity index (χ1v) is 18.5. The predicted octanol–water partition coefficient (Wildman–Crippen LogP) is 8.52. The first-order chi connectivity index (χ1) is 23.9. The van der Waals surface area contributed by atoms with Crippen molar-refractivity contribution in [3.05, 3.63) is 117 Å². The van der Waals surface area contributed by atoms with E-state index in [2.05, 4.69) is 36.7 Å². The molecule has 0 spiro atoms. The van der Waals surface area contributed by atoms with E-state index in [4.69, 9.17) is 4.74 Å². The zero-order valence-corrected chi connectivity index (χ0v) is 30.7. The standard InChI is InChI=1S/C40H43N3O5S2/c1-6-48-39(47)35-31-19-18-28(40(3,4)5)22-33(31)50-38(35)43-34(44)24-49-30-17-11-16-29(23-30)41-37(46)32(21-26-13-10-12-25(2)20-26)42-36(45)27-14-8-7-9-15-27/h7-17,20-21,23,28H,6,18-19,22,24H2,1-5H3,(H,41,46)(H,42,45)(H,43,44)/b32-21+. The quantitative estimate of drug-likeness (QED) is 0.0818. The molecule has 0 bridgehead atoms. The van der Waals surface area contributed by atoms with Crippen LogP contribution < -0.4 is 16.0 Å². The number of aryl methyl sites for hydroxylation is 1. The summed E-state index contributed by atoms with van der Waals surface area (Å²) in [4.78, 5) is 54.7. The maximum atomic E-state index is 13.5. The van der Waals surface area contributed by atoms with Crippen LogP contribution in [-0.4, -0.2) is 36.1 Å². The molecule has 3 aromatic carbocycles. The van der Waals surface area contributed by atoms with Gasteiger partial charge >= 0.3 is 5.97 Å². The number of carbonyl (C=O) groups excluding carboxylic acids is 4. The minimum atomic E-state index is -0.488. The van der Waals surface area contributed by atoms with Gasteiger partial charge < -0.3 is 20.7 Å². The van der Waals surface area contributed by atoms with Gasteiger partial charge in [0.25, 0.3) is 11.8 Å². The van der Waals surface area contributed by atoms with Gasteiger partial charge in [0.2, 0.25) is 5.91 Å². The summed E-state index contributed by atoms with van der Waals surface area (Å²) in [6.07, 6.45) is 4.28. The third-order valence-electron chi connectivity index (χ3n) is 8.57. The number of thioether (sulfide) groups is 1. The van der Waals surface area contributed by atoms with Gasteiger partial charge in [0, 0.05) is 21.0 Å². The van der Waals surface area contributed by atoms with E-state index in [9.17, 15) is 19.2 Å². The minimum Gasteiger partial charge on any atom is -0.462 e. The Morgan fingerprint density at radius 3 is 2.44 bits per heavy atom. The summed E-state index contributed by atoms with van der Waals surface area (Å²) in [5.74, 6) is -0.947. The SMILES string of the molecule is CCOC(=O)c1c(NC(=O)CSc2cccc(NC(=O)/C(=C\c3cccc(C)c3)NC(=O)c3ccccc3)c2)sc2c1CCC(C(C)(C)C)C2. The van der Waals surface area contributed by atoms with Crippen LogP contribution in [0, 0.1) is 18.3 Å². The molecule has 10 heteroatoms. The average molecular weight is 710 g/mol. The van der Waals surface area contributed by atoms with Gasteiger partial charge in [-0.05, 0) is 92.0 Å². The van der Waals surface area contributed by atoms with E-state index in [-0.39, 0.29) is 29.4 Å². The summed E-state index contributed by atoms with van der Waals surface area (Å²) in [5.41, 5.74) is 4.44. The fourth-order valence-electron chi connectivity index (χ4n) is 5.88. The molecule has 50 heavy (non-hydrogen) atoms. The van der Waals surface area contributed by atoms with Crippen molar-refractivity contribution in [2.24, 2.45) is 11.3 Å². The summed E-state index contributed by atoms with van der Waals surface area (Å²) in [5, 5.41) is 9.19. The van der Waals surface area contributed by atoms with Gasteiger partial charge in [-0.3, -0.25) is 14.4 Å². The van der Waals surface area contributed by atoms with Gasteiger partial charge in [-0.1, -0.05) is 74.9 Å². The van der Waals surface area contributed by atoms with E-state index in [1.54, 1.807) is 55.5 Å². The fourth-order valence-corrected chi connectivity index (χ4v) is 7.96. The zero-order chi connectivity index (χ0) is 35.8. The van der Waals surface area contributed by atoms with Crippen LogP contribution in [0.2, 0.25) is 0 Å². The van der Waals surface area contributed by atoms with Crippen LogP contribution in [0.4, 0.5) is 10.7 Å². The lowest BCUT2D eigenvalue weighted by Gasteiger charge is -2.33. The van der Waals surface area contributed by atoms with E-state index < -0.39 is 17.8 Å². The number of benzene rings is 3. The molecule has 1 atom stereocenters. The van der Waals surface area contributed by atoms with E-state index >= 15 is 0 Å². The van der Waals surface area contributed by atoms with Gasteiger partial charge in [0.1, 0.15) is 10.7 Å². The van der Waals surface area contributed by atoms with Gasteiger partial charge in [-0.25, -0.2) is 4.79 Å². The number of amides is 3. The van der Waals surface area contributed by atoms with Gasteiger partial charge in [-0.15, -0.1) is 23.1 Å². The molecular weight excluding hydrogens is 667 g/mol. The first kappa shape index (κ1) is 36.6. The lowest BCUT2D eigenvalue weighted by Crippen LogP contribution is -2.30. The maximum Gasteiger partial charge on any atom is 0.341 e. The molecule has 1 aliphatic carbocycles. The zero-order valence-electron chi connectivity index (χ0n) is 29.1. The van der Waals surface area contributed by atoms with Crippen molar-refractivity contribution in [1.29, 1.82) is 0 Å². The Balaban J connectivity index is 1.27. The Morgan fingerprint density at radius 2 is 1.72 bits per heavy atom. The van der Waals surface area contributed by atoms with Crippen molar-refractivity contribution >= 4 is 63.6 Å². The molecule has 5 rings (SSSR count). The monoisotopic (exact) mass is 709 g/mol. The van der Waals surface area contributed by atoms with Crippen molar-refractivity contribution in [2.45, 2.75) is 58.8 Å². The van der Waals surface area contributed by atoms with Crippen molar-refractivity contribution in [1.82, 2.24) is 5.32 Å². The maximum absolute atomic E-state index is 13.5. The van der Waals surface area contributed by atoms with Gasteiger partial charge in [-0.2, -0.15) is 0 Å². The van der Waals surface area contributed by atoms with Crippen molar-refractivity contribution < 1.29 is 23.9 Å². The van der Waals surface area contributed by atoms with E-state index in [1.807, 2.05) is 43.3 Å². The summed E-state index contributed by atoms with van der Waals surface area (Å²) in [6.45, 7) is 10.7. The molecule has 8 nitrogen and oxygen atoms in total. The average Bonchev–Trinajstić information content (AvgIpc) is 3.44. The fraction of sp³-hybridized carbons (Fsp3) is 0.300. The number of thiophene rings is 1. The van der Waals surface area contributed by atoms with E-state index in [0.29, 0.717) is 27.7 Å². The molecule has 3 amide bonds. The molecular formula is C40H43N3O5S2. The molecule has 0 radical (unpaired) electrons. The lowest BCUT2D eigenvalue weighted by atomic mass is 9.72. The number of carbonyl (C=O) groups is 4. The Morgan fingerprint density at radius 1 is 0.960 bits per heavy atom. The molecule has 1 aromatic heterocycles. The summed E-state index contributed by atoms with van der Waals surface area (Å²) in [6, 6.07) is 23.5. The molecule has 0 saturated heterocycles. The second-order valence-electron chi connectivity index (χ2n) is 13.3. The summed E-state index contributed by atoms with van der Waals surface area (Å²) in [7, 11) is 0. The van der Waals surface area contributed by atoms with Gasteiger partial charge in [0.05, 0.1) is 17.9 Å². The number of hydrogen-bond acceptors (Lipinski definition) is 7. The topological polar surface area (TPSA) is 114 Å². The highest BCUT2D eigenvalue weighted by Crippen LogP contribution is 2.44. The summed E-state index contributed by atoms with van der Waals surface area (Å²) >= 11 is 2.79. The highest BCUT2D eigenvalue weighted by Gasteiger charge is 2.34. The van der Waals surface area contributed by atoms with E-state index in [1.165, 1.54) is 23.1 Å². The number of ether oxygens (including phenoxy) is 1. The largest absolute Gasteiger partial charge is 0.462 e. The van der Waals surface area contributed by atoms with Crippen LogP contribution in [0.5, 0.6) is 0 Å². The molecule has 260 valence electrons. The summed E-state index contributed by atoms with van der Waals surface area (Å²) < 4.78 is 5.39. The molecule has 1 aliphatic rings. The van der Waals surface area contributed by atoms with Crippen molar-refractivity contribution in [3.63, 3.8) is 0 Å². The molecule has 0 aliphatic heterocycles. The number of rotatable bonds is 11. The van der Waals surface area contributed by atoms with Crippen molar-refractivity contribution in [3.8, 4) is 0 Å². The third kappa shape index (κ3) is 9.52. The molecule has 3 N–H and O–H groups in total. The van der Waals surface area contributed by atoms with Crippen LogP contribution in [0.15, 0.2) is 89.5 Å². The van der Waals surface area contributed by atoms with Gasteiger partial charge in [0.15, 0.2) is 0 Å². The second-order valence-corrected chi connectivity index (χ2v) is 15.5. The Labute approximate surface area is 302 Å². The minimum absolute atomic E-state index is 0.0896. The lowest BCUT2D eigenvalue weighted by molar-refractivity contribution is -0.114. The Kier molecular flexibility index (Phi) is 12.0.